The second-order valence-corrected chi connectivity index (χ2v) is 8.13. The van der Waals surface area contributed by atoms with Crippen molar-refractivity contribution in [2.24, 2.45) is 0 Å². The van der Waals surface area contributed by atoms with Crippen molar-refractivity contribution in [1.29, 1.82) is 5.26 Å². The predicted molar refractivity (Wildman–Crippen MR) is 89.7 cm³/mol. The molecule has 1 aromatic rings. The first-order valence-corrected chi connectivity index (χ1v) is 9.73. The Morgan fingerprint density at radius 3 is 2.39 bits per heavy atom. The maximum atomic E-state index is 12.7. The van der Waals surface area contributed by atoms with Gasteiger partial charge in [0.25, 0.3) is 0 Å². The minimum atomic E-state index is -3.40. The average Bonchev–Trinajstić information content (AvgIpc) is 2.59. The van der Waals surface area contributed by atoms with E-state index in [1.807, 2.05) is 12.1 Å². The number of rotatable bonds is 6. The second kappa shape index (κ2) is 7.91. The van der Waals surface area contributed by atoms with Gasteiger partial charge in [0.2, 0.25) is 10.0 Å². The van der Waals surface area contributed by atoms with Crippen LogP contribution in [-0.2, 0) is 10.0 Å². The van der Waals surface area contributed by atoms with Crippen LogP contribution >= 0.6 is 0 Å². The maximum Gasteiger partial charge on any atom is 0.243 e. The van der Waals surface area contributed by atoms with E-state index in [1.54, 1.807) is 16.4 Å². The summed E-state index contributed by atoms with van der Waals surface area (Å²) in [5.74, 6) is 0.444. The first-order chi connectivity index (χ1) is 11.0. The third kappa shape index (κ3) is 4.31. The fraction of sp³-hybridized carbons (Fsp3) is 0.588. The van der Waals surface area contributed by atoms with E-state index >= 15 is 0 Å². The van der Waals surface area contributed by atoms with Gasteiger partial charge in [0.1, 0.15) is 0 Å². The van der Waals surface area contributed by atoms with Crippen LogP contribution in [-0.4, -0.2) is 45.4 Å². The molecule has 1 atom stereocenters. The average molecular weight is 336 g/mol. The Morgan fingerprint density at radius 1 is 1.26 bits per heavy atom. The van der Waals surface area contributed by atoms with Gasteiger partial charge in [-0.2, -0.15) is 9.57 Å². The standard InChI is InChI=1S/C17H25N3O2S/c1-3-15(2)16-5-7-17(8-6-16)23(21,22)20-13-11-19(12-14-20)10-4-9-18/h5-8,15H,3-4,10-14H2,1-2H3/p+1/t15-/m0/s1. The zero-order valence-corrected chi connectivity index (χ0v) is 14.8. The van der Waals surface area contributed by atoms with Gasteiger partial charge in [-0.05, 0) is 30.0 Å². The van der Waals surface area contributed by atoms with Gasteiger partial charge < -0.3 is 4.90 Å². The zero-order valence-electron chi connectivity index (χ0n) is 14.0. The van der Waals surface area contributed by atoms with Crippen molar-refractivity contribution in [2.75, 3.05) is 32.7 Å². The van der Waals surface area contributed by atoms with Gasteiger partial charge in [0.05, 0.1) is 50.1 Å². The largest absolute Gasteiger partial charge is 0.332 e. The van der Waals surface area contributed by atoms with E-state index in [0.29, 0.717) is 30.3 Å². The van der Waals surface area contributed by atoms with Crippen molar-refractivity contribution in [3.05, 3.63) is 29.8 Å². The van der Waals surface area contributed by atoms with Crippen molar-refractivity contribution < 1.29 is 13.3 Å². The van der Waals surface area contributed by atoms with E-state index in [0.717, 1.165) is 26.1 Å². The molecule has 0 aliphatic carbocycles. The van der Waals surface area contributed by atoms with Crippen LogP contribution in [0.15, 0.2) is 29.2 Å². The van der Waals surface area contributed by atoms with Gasteiger partial charge in [-0.25, -0.2) is 8.42 Å². The molecule has 0 spiro atoms. The SMILES string of the molecule is CC[C@H](C)c1ccc(S(=O)(=O)N2CC[NH+](CCC#N)CC2)cc1. The Balaban J connectivity index is 2.03. The molecule has 1 saturated heterocycles. The predicted octanol–water partition coefficient (Wildman–Crippen LogP) is 1.00. The van der Waals surface area contributed by atoms with Gasteiger partial charge in [0.15, 0.2) is 0 Å². The molecular formula is C17H26N3O2S+. The van der Waals surface area contributed by atoms with Crippen LogP contribution in [0.5, 0.6) is 0 Å². The second-order valence-electron chi connectivity index (χ2n) is 6.19. The number of hydrogen-bond donors (Lipinski definition) is 1. The summed E-state index contributed by atoms with van der Waals surface area (Å²) in [7, 11) is -3.40. The van der Waals surface area contributed by atoms with Gasteiger partial charge in [-0.3, -0.25) is 0 Å². The smallest absolute Gasteiger partial charge is 0.243 e. The molecule has 1 aliphatic rings. The van der Waals surface area contributed by atoms with Crippen LogP contribution in [0.1, 0.15) is 38.2 Å². The van der Waals surface area contributed by atoms with Gasteiger partial charge in [-0.1, -0.05) is 26.0 Å². The first-order valence-electron chi connectivity index (χ1n) is 8.29. The summed E-state index contributed by atoms with van der Waals surface area (Å²) in [5.41, 5.74) is 1.18. The normalized spacial score (nSPS) is 18.5. The van der Waals surface area contributed by atoms with Crippen molar-refractivity contribution in [2.45, 2.75) is 37.5 Å². The van der Waals surface area contributed by atoms with Crippen molar-refractivity contribution in [1.82, 2.24) is 4.31 Å². The molecule has 1 fully saturated rings. The van der Waals surface area contributed by atoms with E-state index in [9.17, 15) is 8.42 Å². The third-order valence-electron chi connectivity index (χ3n) is 4.72. The molecule has 0 bridgehead atoms. The molecule has 5 nitrogen and oxygen atoms in total. The highest BCUT2D eigenvalue weighted by Crippen LogP contribution is 2.22. The number of hydrogen-bond acceptors (Lipinski definition) is 3. The van der Waals surface area contributed by atoms with Crippen LogP contribution in [0, 0.1) is 11.3 Å². The third-order valence-corrected chi connectivity index (χ3v) is 6.63. The summed E-state index contributed by atoms with van der Waals surface area (Å²) in [4.78, 5) is 1.69. The molecule has 0 aromatic heterocycles. The summed E-state index contributed by atoms with van der Waals surface area (Å²) in [6.45, 7) is 7.66. The fourth-order valence-corrected chi connectivity index (χ4v) is 4.32. The molecule has 6 heteroatoms. The van der Waals surface area contributed by atoms with Crippen LogP contribution in [0.25, 0.3) is 0 Å². The van der Waals surface area contributed by atoms with Crippen LogP contribution in [0.4, 0.5) is 0 Å². The molecule has 0 saturated carbocycles. The highest BCUT2D eigenvalue weighted by Gasteiger charge is 2.30. The number of piperazine rings is 1. The van der Waals surface area contributed by atoms with Crippen molar-refractivity contribution in [3.63, 3.8) is 0 Å². The van der Waals surface area contributed by atoms with Crippen LogP contribution < -0.4 is 4.90 Å². The van der Waals surface area contributed by atoms with E-state index in [-0.39, 0.29) is 0 Å². The Bertz CT molecular complexity index is 641. The quantitative estimate of drug-likeness (QED) is 0.843. The van der Waals surface area contributed by atoms with E-state index in [2.05, 4.69) is 19.9 Å². The molecule has 0 unspecified atom stereocenters. The van der Waals surface area contributed by atoms with E-state index < -0.39 is 10.0 Å². The maximum absolute atomic E-state index is 12.7. The lowest BCUT2D eigenvalue weighted by Crippen LogP contribution is -3.14. The van der Waals surface area contributed by atoms with Crippen LogP contribution in [0.3, 0.4) is 0 Å². The Morgan fingerprint density at radius 2 is 1.87 bits per heavy atom. The lowest BCUT2D eigenvalue weighted by molar-refractivity contribution is -0.903. The molecule has 1 heterocycles. The Kier molecular flexibility index (Phi) is 6.17. The molecule has 0 amide bonds. The summed E-state index contributed by atoms with van der Waals surface area (Å²) < 4.78 is 27.0. The monoisotopic (exact) mass is 336 g/mol. The lowest BCUT2D eigenvalue weighted by Gasteiger charge is -2.31. The van der Waals surface area contributed by atoms with Crippen LogP contribution in [0.2, 0.25) is 0 Å². The molecular weight excluding hydrogens is 310 g/mol. The summed E-state index contributed by atoms with van der Waals surface area (Å²) in [5, 5.41) is 8.64. The first kappa shape index (κ1) is 17.9. The van der Waals surface area contributed by atoms with E-state index in [4.69, 9.17) is 5.26 Å². The highest BCUT2D eigenvalue weighted by atomic mass is 32.2. The molecule has 126 valence electrons. The lowest BCUT2D eigenvalue weighted by atomic mass is 9.99. The van der Waals surface area contributed by atoms with Gasteiger partial charge in [-0.15, -0.1) is 0 Å². The molecule has 1 N–H and O–H groups in total. The minimum absolute atomic E-state index is 0.380. The van der Waals surface area contributed by atoms with Gasteiger partial charge >= 0.3 is 0 Å². The number of quaternary nitrogens is 1. The molecule has 1 aliphatic heterocycles. The topological polar surface area (TPSA) is 65.6 Å². The number of sulfonamides is 1. The van der Waals surface area contributed by atoms with Crippen molar-refractivity contribution >= 4 is 10.0 Å². The Hall–Kier alpha value is -1.42. The summed E-state index contributed by atoms with van der Waals surface area (Å²) >= 11 is 0. The summed E-state index contributed by atoms with van der Waals surface area (Å²) in [6.07, 6.45) is 1.57. The molecule has 23 heavy (non-hydrogen) atoms. The highest BCUT2D eigenvalue weighted by molar-refractivity contribution is 7.89. The van der Waals surface area contributed by atoms with E-state index in [1.165, 1.54) is 10.5 Å². The number of nitrogens with one attached hydrogen (secondary N) is 1. The fourth-order valence-electron chi connectivity index (χ4n) is 2.88. The summed E-state index contributed by atoms with van der Waals surface area (Å²) in [6, 6.07) is 9.46. The minimum Gasteiger partial charge on any atom is -0.332 e. The molecule has 2 rings (SSSR count). The van der Waals surface area contributed by atoms with Gasteiger partial charge in [0, 0.05) is 0 Å². The number of nitrogens with zero attached hydrogens (tertiary/aromatic N) is 2. The Labute approximate surface area is 139 Å². The molecule has 0 radical (unpaired) electrons. The number of nitriles is 1. The number of benzene rings is 1. The van der Waals surface area contributed by atoms with Crippen molar-refractivity contribution in [3.8, 4) is 6.07 Å². The molecule has 1 aromatic carbocycles. The zero-order chi connectivity index (χ0) is 16.9.